The zero-order valence-corrected chi connectivity index (χ0v) is 11.1. The molecule has 0 saturated carbocycles. The highest BCUT2D eigenvalue weighted by molar-refractivity contribution is 7.90. The van der Waals surface area contributed by atoms with Crippen molar-refractivity contribution in [3.05, 3.63) is 18.2 Å². The van der Waals surface area contributed by atoms with E-state index >= 15 is 0 Å². The Morgan fingerprint density at radius 1 is 1.10 bits per heavy atom. The first kappa shape index (κ1) is 17.4. The van der Waals surface area contributed by atoms with Gasteiger partial charge in [-0.1, -0.05) is 0 Å². The summed E-state index contributed by atoms with van der Waals surface area (Å²) >= 11 is 0. The molecule has 0 saturated heterocycles. The second-order valence-electron chi connectivity index (χ2n) is 4.05. The quantitative estimate of drug-likeness (QED) is 0.680. The zero-order valence-electron chi connectivity index (χ0n) is 10.3. The Morgan fingerprint density at radius 3 is 1.90 bits per heavy atom. The van der Waals surface area contributed by atoms with E-state index in [4.69, 9.17) is 5.73 Å². The summed E-state index contributed by atoms with van der Waals surface area (Å²) in [5, 5.41) is 0. The van der Waals surface area contributed by atoms with Gasteiger partial charge in [0.2, 0.25) is 0 Å². The first-order valence-electron chi connectivity index (χ1n) is 5.12. The van der Waals surface area contributed by atoms with Gasteiger partial charge in [0.1, 0.15) is 5.75 Å². The maximum absolute atomic E-state index is 12.3. The predicted molar refractivity (Wildman–Crippen MR) is 60.5 cm³/mol. The maximum atomic E-state index is 12.3. The highest BCUT2D eigenvalue weighted by Gasteiger charge is 2.59. The number of sulfone groups is 1. The van der Waals surface area contributed by atoms with E-state index < -0.39 is 39.7 Å². The number of rotatable bonds is 3. The molecule has 0 aromatic heterocycles. The molecule has 11 heteroatoms. The Kier molecular flexibility index (Phi) is 4.37. The van der Waals surface area contributed by atoms with Crippen molar-refractivity contribution in [2.24, 2.45) is 0 Å². The molecular formula is C10H9F6NO3S. The van der Waals surface area contributed by atoms with Crippen LogP contribution < -0.4 is 10.5 Å². The van der Waals surface area contributed by atoms with Gasteiger partial charge in [0.25, 0.3) is 6.10 Å². The maximum Gasteiger partial charge on any atom is 0.434 e. The number of nitrogens with two attached hydrogens (primary N) is 1. The van der Waals surface area contributed by atoms with E-state index in [0.29, 0.717) is 12.1 Å². The molecule has 0 aliphatic heterocycles. The van der Waals surface area contributed by atoms with Crippen LogP contribution in [0.25, 0.3) is 0 Å². The average molecular weight is 337 g/mol. The molecule has 0 unspecified atom stereocenters. The summed E-state index contributed by atoms with van der Waals surface area (Å²) in [5.41, 5.74) is 4.57. The summed E-state index contributed by atoms with van der Waals surface area (Å²) < 4.78 is 100. The van der Waals surface area contributed by atoms with E-state index in [9.17, 15) is 34.8 Å². The summed E-state index contributed by atoms with van der Waals surface area (Å²) in [4.78, 5) is -0.358. The number of hydrogen-bond donors (Lipinski definition) is 1. The van der Waals surface area contributed by atoms with Gasteiger partial charge in [0, 0.05) is 6.26 Å². The number of alkyl halides is 6. The molecule has 0 radical (unpaired) electrons. The Labute approximate surface area is 115 Å². The average Bonchev–Trinajstić information content (AvgIpc) is 2.22. The molecule has 2 N–H and O–H groups in total. The first-order chi connectivity index (χ1) is 9.23. The van der Waals surface area contributed by atoms with Crippen molar-refractivity contribution < 1.29 is 39.5 Å². The minimum absolute atomic E-state index is 0.358. The summed E-state index contributed by atoms with van der Waals surface area (Å²) in [6, 6.07) is 2.15. The third-order valence-corrected chi connectivity index (χ3v) is 3.36. The molecule has 0 spiro atoms. The lowest BCUT2D eigenvalue weighted by Crippen LogP contribution is -2.46. The van der Waals surface area contributed by atoms with Crippen LogP contribution in [0.15, 0.2) is 23.1 Å². The van der Waals surface area contributed by atoms with Gasteiger partial charge >= 0.3 is 12.4 Å². The number of benzene rings is 1. The van der Waals surface area contributed by atoms with E-state index in [-0.39, 0.29) is 4.90 Å². The number of hydrogen-bond acceptors (Lipinski definition) is 4. The predicted octanol–water partition coefficient (Wildman–Crippen LogP) is 2.54. The topological polar surface area (TPSA) is 69.4 Å². The van der Waals surface area contributed by atoms with Gasteiger partial charge in [-0.3, -0.25) is 0 Å². The van der Waals surface area contributed by atoms with Crippen LogP contribution in [0.2, 0.25) is 0 Å². The molecule has 0 atom stereocenters. The summed E-state index contributed by atoms with van der Waals surface area (Å²) in [6.45, 7) is 0. The van der Waals surface area contributed by atoms with Crippen LogP contribution in [0.5, 0.6) is 5.75 Å². The number of anilines is 1. The van der Waals surface area contributed by atoms with E-state index in [1.54, 1.807) is 0 Å². The van der Waals surface area contributed by atoms with Gasteiger partial charge in [-0.2, -0.15) is 26.3 Å². The molecule has 1 aromatic rings. The van der Waals surface area contributed by atoms with Gasteiger partial charge in [-0.25, -0.2) is 8.42 Å². The van der Waals surface area contributed by atoms with Crippen molar-refractivity contribution in [3.8, 4) is 5.75 Å². The fourth-order valence-corrected chi connectivity index (χ4v) is 1.97. The van der Waals surface area contributed by atoms with Crippen molar-refractivity contribution in [3.63, 3.8) is 0 Å². The van der Waals surface area contributed by atoms with Crippen LogP contribution in [-0.4, -0.2) is 33.1 Å². The van der Waals surface area contributed by atoms with Crippen molar-refractivity contribution in [2.45, 2.75) is 23.4 Å². The third kappa shape index (κ3) is 4.41. The van der Waals surface area contributed by atoms with Gasteiger partial charge in [-0.15, -0.1) is 0 Å². The molecule has 0 bridgehead atoms. The highest BCUT2D eigenvalue weighted by atomic mass is 32.2. The fraction of sp³-hybridized carbons (Fsp3) is 0.400. The fourth-order valence-electron chi connectivity index (χ4n) is 1.31. The smallest absolute Gasteiger partial charge is 0.434 e. The molecule has 0 amide bonds. The van der Waals surface area contributed by atoms with Crippen molar-refractivity contribution in [1.29, 1.82) is 0 Å². The molecule has 0 heterocycles. The molecule has 1 aromatic carbocycles. The van der Waals surface area contributed by atoms with Crippen LogP contribution >= 0.6 is 0 Å². The van der Waals surface area contributed by atoms with Crippen molar-refractivity contribution in [2.75, 3.05) is 12.0 Å². The minimum atomic E-state index is -5.69. The van der Waals surface area contributed by atoms with Gasteiger partial charge in [-0.05, 0) is 18.2 Å². The molecule has 21 heavy (non-hydrogen) atoms. The van der Waals surface area contributed by atoms with Crippen molar-refractivity contribution >= 4 is 15.5 Å². The monoisotopic (exact) mass is 337 g/mol. The van der Waals surface area contributed by atoms with Crippen LogP contribution in [0, 0.1) is 0 Å². The highest BCUT2D eigenvalue weighted by Crippen LogP contribution is 2.38. The van der Waals surface area contributed by atoms with Crippen molar-refractivity contribution in [1.82, 2.24) is 0 Å². The van der Waals surface area contributed by atoms with E-state index in [1.165, 1.54) is 0 Å². The molecule has 0 fully saturated rings. The zero-order chi connectivity index (χ0) is 16.6. The van der Waals surface area contributed by atoms with Gasteiger partial charge in [0.05, 0.1) is 10.6 Å². The number of halogens is 6. The van der Waals surface area contributed by atoms with Crippen LogP contribution in [0.3, 0.4) is 0 Å². The molecule has 1 rings (SSSR count). The first-order valence-corrected chi connectivity index (χ1v) is 7.01. The molecule has 4 nitrogen and oxygen atoms in total. The molecule has 0 aliphatic carbocycles. The normalized spacial score (nSPS) is 13.5. The lowest BCUT2D eigenvalue weighted by atomic mass is 10.2. The lowest BCUT2D eigenvalue weighted by Gasteiger charge is -2.24. The van der Waals surface area contributed by atoms with Crippen LogP contribution in [-0.2, 0) is 9.84 Å². The SMILES string of the molecule is CS(=O)(=O)c1ccc(OC(C(F)(F)F)C(F)(F)F)c(N)c1. The largest absolute Gasteiger partial charge is 0.469 e. The van der Waals surface area contributed by atoms with Crippen LogP contribution in [0.1, 0.15) is 0 Å². The van der Waals surface area contributed by atoms with Crippen LogP contribution in [0.4, 0.5) is 32.0 Å². The van der Waals surface area contributed by atoms with Gasteiger partial charge < -0.3 is 10.5 Å². The number of ether oxygens (including phenoxy) is 1. The summed E-state index contributed by atoms with van der Waals surface area (Å²) in [6.07, 6.45) is -14.6. The second-order valence-corrected chi connectivity index (χ2v) is 6.07. The Bertz CT molecular complexity index is 609. The summed E-state index contributed by atoms with van der Waals surface area (Å²) in [7, 11) is -3.71. The van der Waals surface area contributed by atoms with E-state index in [1.807, 2.05) is 0 Å². The Hall–Kier alpha value is -1.65. The molecule has 120 valence electrons. The Balaban J connectivity index is 3.18. The molecular weight excluding hydrogens is 328 g/mol. The standard InChI is InChI=1S/C10H9F6NO3S/c1-21(18,19)5-2-3-7(6(17)4-5)20-8(9(11,12)13)10(14,15)16/h2-4,8H,17H2,1H3. The number of nitrogen functional groups attached to an aromatic ring is 1. The lowest BCUT2D eigenvalue weighted by molar-refractivity contribution is -0.299. The Morgan fingerprint density at radius 2 is 1.57 bits per heavy atom. The molecule has 0 aliphatic rings. The summed E-state index contributed by atoms with van der Waals surface area (Å²) in [5.74, 6) is -0.915. The minimum Gasteiger partial charge on any atom is -0.469 e. The van der Waals surface area contributed by atoms with E-state index in [0.717, 1.165) is 12.3 Å². The van der Waals surface area contributed by atoms with Gasteiger partial charge in [0.15, 0.2) is 9.84 Å². The second kappa shape index (κ2) is 5.28. The third-order valence-electron chi connectivity index (χ3n) is 2.25. The van der Waals surface area contributed by atoms with E-state index in [2.05, 4.69) is 4.74 Å².